The molecule has 0 aromatic heterocycles. The van der Waals surface area contributed by atoms with Gasteiger partial charge in [0.05, 0.1) is 26.4 Å². The first kappa shape index (κ1) is 13.8. The van der Waals surface area contributed by atoms with Crippen LogP contribution in [0.15, 0.2) is 0 Å². The van der Waals surface area contributed by atoms with Gasteiger partial charge >= 0.3 is 0 Å². The van der Waals surface area contributed by atoms with E-state index in [1.807, 2.05) is 13.8 Å². The Hall–Kier alpha value is -0.160. The molecule has 86 valence electrons. The minimum atomic E-state index is -0.142. The molecule has 0 rings (SSSR count). The van der Waals surface area contributed by atoms with Crippen LogP contribution in [0.5, 0.6) is 0 Å². The second-order valence-corrected chi connectivity index (χ2v) is 3.96. The van der Waals surface area contributed by atoms with Gasteiger partial charge in [-0.05, 0) is 20.3 Å². The summed E-state index contributed by atoms with van der Waals surface area (Å²) in [6.07, 6.45) is 0.866. The van der Waals surface area contributed by atoms with Crippen LogP contribution in [-0.4, -0.2) is 45.7 Å². The van der Waals surface area contributed by atoms with Gasteiger partial charge in [-0.3, -0.25) is 0 Å². The third-order valence-electron chi connectivity index (χ3n) is 1.69. The molecule has 0 radical (unpaired) electrons. The van der Waals surface area contributed by atoms with E-state index in [-0.39, 0.29) is 5.54 Å². The van der Waals surface area contributed by atoms with E-state index in [2.05, 4.69) is 0 Å². The fourth-order valence-corrected chi connectivity index (χ4v) is 0.799. The van der Waals surface area contributed by atoms with E-state index >= 15 is 0 Å². The number of hydrogen-bond acceptors (Lipinski definition) is 4. The Bertz CT molecular complexity index is 123. The minimum Gasteiger partial charge on any atom is -0.382 e. The average Bonchev–Trinajstić information content (AvgIpc) is 2.08. The molecule has 0 aliphatic heterocycles. The molecule has 0 saturated heterocycles. The van der Waals surface area contributed by atoms with Gasteiger partial charge in [0, 0.05) is 19.3 Å². The minimum absolute atomic E-state index is 0.142. The molecule has 0 atom stereocenters. The smallest absolute Gasteiger partial charge is 0.0701 e. The van der Waals surface area contributed by atoms with E-state index in [4.69, 9.17) is 19.9 Å². The Morgan fingerprint density at radius 3 is 1.93 bits per heavy atom. The first-order valence-electron chi connectivity index (χ1n) is 4.99. The Morgan fingerprint density at radius 2 is 1.43 bits per heavy atom. The van der Waals surface area contributed by atoms with Crippen molar-refractivity contribution in [2.24, 2.45) is 5.73 Å². The van der Waals surface area contributed by atoms with Gasteiger partial charge in [0.15, 0.2) is 0 Å². The number of hydrogen-bond donors (Lipinski definition) is 1. The lowest BCUT2D eigenvalue weighted by Crippen LogP contribution is -2.33. The van der Waals surface area contributed by atoms with Crippen molar-refractivity contribution in [2.45, 2.75) is 25.8 Å². The maximum atomic E-state index is 5.79. The summed E-state index contributed by atoms with van der Waals surface area (Å²) in [7, 11) is 1.66. The van der Waals surface area contributed by atoms with Gasteiger partial charge in [-0.1, -0.05) is 0 Å². The van der Waals surface area contributed by atoms with Crippen LogP contribution in [0.3, 0.4) is 0 Å². The van der Waals surface area contributed by atoms with E-state index in [1.165, 1.54) is 0 Å². The quantitative estimate of drug-likeness (QED) is 0.565. The van der Waals surface area contributed by atoms with Crippen LogP contribution >= 0.6 is 0 Å². The van der Waals surface area contributed by atoms with Gasteiger partial charge < -0.3 is 19.9 Å². The van der Waals surface area contributed by atoms with Crippen molar-refractivity contribution >= 4 is 0 Å². The molecule has 0 bridgehead atoms. The molecular weight excluding hydrogens is 182 g/mol. The van der Waals surface area contributed by atoms with E-state index in [1.54, 1.807) is 7.11 Å². The van der Waals surface area contributed by atoms with E-state index in [0.717, 1.165) is 6.42 Å². The van der Waals surface area contributed by atoms with Crippen LogP contribution in [-0.2, 0) is 14.2 Å². The van der Waals surface area contributed by atoms with Crippen LogP contribution in [0.2, 0.25) is 0 Å². The monoisotopic (exact) mass is 205 g/mol. The maximum absolute atomic E-state index is 5.79. The molecule has 0 heterocycles. The summed E-state index contributed by atoms with van der Waals surface area (Å²) in [5.74, 6) is 0. The van der Waals surface area contributed by atoms with E-state index in [9.17, 15) is 0 Å². The van der Waals surface area contributed by atoms with Crippen LogP contribution < -0.4 is 5.73 Å². The summed E-state index contributed by atoms with van der Waals surface area (Å²) >= 11 is 0. The molecular formula is C10H23NO3. The molecule has 2 N–H and O–H groups in total. The summed E-state index contributed by atoms with van der Waals surface area (Å²) in [5.41, 5.74) is 5.65. The van der Waals surface area contributed by atoms with E-state index in [0.29, 0.717) is 33.0 Å². The largest absolute Gasteiger partial charge is 0.382 e. The molecule has 0 fully saturated rings. The standard InChI is InChI=1S/C10H23NO3/c1-10(2,11)4-5-13-8-9-14-7-6-12-3/h4-9,11H2,1-3H3. The van der Waals surface area contributed by atoms with Crippen molar-refractivity contribution in [3.8, 4) is 0 Å². The third-order valence-corrected chi connectivity index (χ3v) is 1.69. The third kappa shape index (κ3) is 11.8. The Labute approximate surface area is 86.7 Å². The summed E-state index contributed by atoms with van der Waals surface area (Å²) in [6, 6.07) is 0. The summed E-state index contributed by atoms with van der Waals surface area (Å²) in [5, 5.41) is 0. The van der Waals surface area contributed by atoms with Gasteiger partial charge in [-0.25, -0.2) is 0 Å². The zero-order valence-corrected chi connectivity index (χ0v) is 9.54. The zero-order chi connectivity index (χ0) is 10.9. The van der Waals surface area contributed by atoms with Crippen molar-refractivity contribution in [2.75, 3.05) is 40.1 Å². The van der Waals surface area contributed by atoms with Gasteiger partial charge in [0.2, 0.25) is 0 Å². The molecule has 0 amide bonds. The van der Waals surface area contributed by atoms with Crippen LogP contribution in [0, 0.1) is 0 Å². The SMILES string of the molecule is COCCOCCOCCC(C)(C)N. The van der Waals surface area contributed by atoms with Gasteiger partial charge in [-0.15, -0.1) is 0 Å². The Morgan fingerprint density at radius 1 is 0.929 bits per heavy atom. The lowest BCUT2D eigenvalue weighted by molar-refractivity contribution is 0.0217. The Kier molecular flexibility index (Phi) is 8.08. The lowest BCUT2D eigenvalue weighted by atomic mass is 10.0. The molecule has 0 aromatic rings. The second kappa shape index (κ2) is 8.17. The number of ether oxygens (including phenoxy) is 3. The molecule has 0 aliphatic rings. The lowest BCUT2D eigenvalue weighted by Gasteiger charge is -2.17. The van der Waals surface area contributed by atoms with E-state index < -0.39 is 0 Å². The fourth-order valence-electron chi connectivity index (χ4n) is 0.799. The highest BCUT2D eigenvalue weighted by Gasteiger charge is 2.09. The van der Waals surface area contributed by atoms with Crippen LogP contribution in [0.4, 0.5) is 0 Å². The van der Waals surface area contributed by atoms with Crippen molar-refractivity contribution in [3.05, 3.63) is 0 Å². The van der Waals surface area contributed by atoms with Crippen molar-refractivity contribution in [1.82, 2.24) is 0 Å². The van der Waals surface area contributed by atoms with Crippen LogP contribution in [0.25, 0.3) is 0 Å². The van der Waals surface area contributed by atoms with Gasteiger partial charge in [-0.2, -0.15) is 0 Å². The second-order valence-electron chi connectivity index (χ2n) is 3.96. The normalized spacial score (nSPS) is 12.0. The molecule has 0 saturated carbocycles. The zero-order valence-electron chi connectivity index (χ0n) is 9.54. The first-order valence-corrected chi connectivity index (χ1v) is 4.99. The molecule has 4 nitrogen and oxygen atoms in total. The molecule has 4 heteroatoms. The van der Waals surface area contributed by atoms with Crippen molar-refractivity contribution in [3.63, 3.8) is 0 Å². The van der Waals surface area contributed by atoms with Crippen molar-refractivity contribution in [1.29, 1.82) is 0 Å². The predicted octanol–water partition coefficient (Wildman–Crippen LogP) is 0.793. The highest BCUT2D eigenvalue weighted by atomic mass is 16.5. The average molecular weight is 205 g/mol. The highest BCUT2D eigenvalue weighted by Crippen LogP contribution is 2.02. The van der Waals surface area contributed by atoms with Gasteiger partial charge in [0.1, 0.15) is 0 Å². The summed E-state index contributed by atoms with van der Waals surface area (Å²) in [6.45, 7) is 7.18. The maximum Gasteiger partial charge on any atom is 0.0701 e. The Balaban J connectivity index is 2.99. The molecule has 0 aromatic carbocycles. The molecule has 14 heavy (non-hydrogen) atoms. The topological polar surface area (TPSA) is 53.7 Å². The number of rotatable bonds is 9. The molecule has 0 aliphatic carbocycles. The van der Waals surface area contributed by atoms with Crippen LogP contribution in [0.1, 0.15) is 20.3 Å². The van der Waals surface area contributed by atoms with Gasteiger partial charge in [0.25, 0.3) is 0 Å². The number of nitrogens with two attached hydrogens (primary N) is 1. The van der Waals surface area contributed by atoms with Crippen molar-refractivity contribution < 1.29 is 14.2 Å². The first-order chi connectivity index (χ1) is 6.56. The predicted molar refractivity (Wildman–Crippen MR) is 56.4 cm³/mol. The fraction of sp³-hybridized carbons (Fsp3) is 1.00. The summed E-state index contributed by atoms with van der Waals surface area (Å²) in [4.78, 5) is 0. The highest BCUT2D eigenvalue weighted by molar-refractivity contribution is 4.70. The molecule has 0 unspecified atom stereocenters. The number of methoxy groups -OCH3 is 1. The molecule has 0 spiro atoms. The summed E-state index contributed by atoms with van der Waals surface area (Å²) < 4.78 is 15.4.